The molecule has 0 bridgehead atoms. The van der Waals surface area contributed by atoms with Gasteiger partial charge in [0.05, 0.1) is 27.7 Å². The quantitative estimate of drug-likeness (QED) is 0.402. The van der Waals surface area contributed by atoms with Crippen molar-refractivity contribution in [2.45, 2.75) is 20.1 Å². The number of phosphoric ester groups is 1. The van der Waals surface area contributed by atoms with Crippen molar-refractivity contribution in [3.63, 3.8) is 0 Å². The summed E-state index contributed by atoms with van der Waals surface area (Å²) in [6.45, 7) is 4.43. The number of nitrogens with zero attached hydrogens (tertiary/aromatic N) is 1. The number of phosphoric acid groups is 1. The van der Waals surface area contributed by atoms with E-state index in [4.69, 9.17) is 9.26 Å². The van der Waals surface area contributed by atoms with Gasteiger partial charge in [-0.3, -0.25) is 9.05 Å². The molecule has 0 aromatic heterocycles. The van der Waals surface area contributed by atoms with E-state index in [2.05, 4.69) is 4.52 Å². The predicted octanol–water partition coefficient (Wildman–Crippen LogP) is 1.21. The van der Waals surface area contributed by atoms with Crippen molar-refractivity contribution in [2.75, 3.05) is 40.9 Å². The third-order valence-corrected chi connectivity index (χ3v) is 2.68. The summed E-state index contributed by atoms with van der Waals surface area (Å²) in [5.74, 6) is 0. The minimum absolute atomic E-state index is 0.122. The third kappa shape index (κ3) is 8.21. The molecule has 2 unspecified atom stereocenters. The molecule has 2 atom stereocenters. The Bertz CT molecular complexity index is 241. The van der Waals surface area contributed by atoms with E-state index in [9.17, 15) is 9.46 Å². The van der Waals surface area contributed by atoms with E-state index in [-0.39, 0.29) is 6.61 Å². The van der Waals surface area contributed by atoms with Crippen LogP contribution in [0.2, 0.25) is 0 Å². The lowest BCUT2D eigenvalue weighted by molar-refractivity contribution is -0.876. The molecular formula is C9H23NO5P+. The van der Waals surface area contributed by atoms with Gasteiger partial charge < -0.3 is 14.1 Å². The SMILES string of the molecule is CCOC(C[N+](C)(C)C)OP(=O)(O)OCC. The van der Waals surface area contributed by atoms with Gasteiger partial charge >= 0.3 is 7.82 Å². The second-order valence-electron chi connectivity index (χ2n) is 4.35. The van der Waals surface area contributed by atoms with Crippen molar-refractivity contribution in [2.24, 2.45) is 0 Å². The van der Waals surface area contributed by atoms with Gasteiger partial charge in [0.15, 0.2) is 0 Å². The number of quaternary nitrogens is 1. The largest absolute Gasteiger partial charge is 0.474 e. The lowest BCUT2D eigenvalue weighted by Gasteiger charge is -2.29. The maximum atomic E-state index is 11.4. The fourth-order valence-corrected chi connectivity index (χ4v) is 1.90. The highest BCUT2D eigenvalue weighted by Crippen LogP contribution is 2.44. The molecule has 16 heavy (non-hydrogen) atoms. The summed E-state index contributed by atoms with van der Waals surface area (Å²) < 4.78 is 26.8. The molecule has 0 aromatic rings. The molecule has 0 aromatic carbocycles. The molecule has 0 saturated heterocycles. The Morgan fingerprint density at radius 3 is 2.19 bits per heavy atom. The first kappa shape index (κ1) is 16.0. The van der Waals surface area contributed by atoms with E-state index in [1.807, 2.05) is 21.1 Å². The molecule has 0 aliphatic rings. The van der Waals surface area contributed by atoms with Crippen molar-refractivity contribution in [3.8, 4) is 0 Å². The first-order chi connectivity index (χ1) is 7.20. The number of hydrogen-bond donors (Lipinski definition) is 1. The Hall–Kier alpha value is 0.0300. The number of ether oxygens (including phenoxy) is 1. The predicted molar refractivity (Wildman–Crippen MR) is 60.8 cm³/mol. The van der Waals surface area contributed by atoms with Gasteiger partial charge in [-0.15, -0.1) is 0 Å². The molecule has 98 valence electrons. The molecule has 0 amide bonds. The van der Waals surface area contributed by atoms with Crippen LogP contribution in [0.5, 0.6) is 0 Å². The highest BCUT2D eigenvalue weighted by atomic mass is 31.2. The third-order valence-electron chi connectivity index (χ3n) is 1.59. The first-order valence-electron chi connectivity index (χ1n) is 5.28. The molecule has 1 N–H and O–H groups in total. The van der Waals surface area contributed by atoms with Gasteiger partial charge in [0, 0.05) is 6.61 Å². The zero-order valence-corrected chi connectivity index (χ0v) is 11.6. The minimum atomic E-state index is -4.00. The van der Waals surface area contributed by atoms with Crippen molar-refractivity contribution < 1.29 is 27.7 Å². The van der Waals surface area contributed by atoms with Crippen LogP contribution in [-0.4, -0.2) is 56.6 Å². The Kier molecular flexibility index (Phi) is 6.70. The molecule has 0 saturated carbocycles. The van der Waals surface area contributed by atoms with Gasteiger partial charge in [-0.1, -0.05) is 0 Å². The fourth-order valence-electron chi connectivity index (χ4n) is 1.09. The van der Waals surface area contributed by atoms with Crippen molar-refractivity contribution in [1.82, 2.24) is 0 Å². The average Bonchev–Trinajstić information content (AvgIpc) is 1.99. The molecule has 0 rings (SSSR count). The standard InChI is InChI=1S/C9H22NO5P/c1-6-13-9(8-10(3,4)5)15-16(11,12)14-7-2/h9H,6-8H2,1-5H3/p+1. The van der Waals surface area contributed by atoms with E-state index in [0.29, 0.717) is 17.6 Å². The van der Waals surface area contributed by atoms with Crippen LogP contribution in [0.15, 0.2) is 0 Å². The monoisotopic (exact) mass is 256 g/mol. The fraction of sp³-hybridized carbons (Fsp3) is 1.00. The summed E-state index contributed by atoms with van der Waals surface area (Å²) in [4.78, 5) is 9.33. The first-order valence-corrected chi connectivity index (χ1v) is 6.77. The smallest absolute Gasteiger partial charge is 0.347 e. The van der Waals surface area contributed by atoms with Crippen LogP contribution < -0.4 is 0 Å². The van der Waals surface area contributed by atoms with Gasteiger partial charge in [-0.2, -0.15) is 0 Å². The molecule has 0 aliphatic heterocycles. The highest BCUT2D eigenvalue weighted by molar-refractivity contribution is 7.47. The molecular weight excluding hydrogens is 233 g/mol. The van der Waals surface area contributed by atoms with Gasteiger partial charge in [0.1, 0.15) is 6.54 Å². The van der Waals surface area contributed by atoms with Crippen LogP contribution in [0.25, 0.3) is 0 Å². The summed E-state index contributed by atoms with van der Waals surface area (Å²) in [6, 6.07) is 0. The lowest BCUT2D eigenvalue weighted by Crippen LogP contribution is -2.43. The Morgan fingerprint density at radius 2 is 1.81 bits per heavy atom. The van der Waals surface area contributed by atoms with Gasteiger partial charge in [0.2, 0.25) is 6.29 Å². The Balaban J connectivity index is 4.38. The molecule has 0 spiro atoms. The summed E-state index contributed by atoms with van der Waals surface area (Å²) in [5, 5.41) is 0. The number of rotatable bonds is 8. The van der Waals surface area contributed by atoms with E-state index >= 15 is 0 Å². The molecule has 0 heterocycles. The molecule has 6 nitrogen and oxygen atoms in total. The van der Waals surface area contributed by atoms with E-state index < -0.39 is 14.1 Å². The second kappa shape index (κ2) is 6.69. The molecule has 7 heteroatoms. The molecule has 0 fully saturated rings. The maximum absolute atomic E-state index is 11.4. The molecule has 0 aliphatic carbocycles. The van der Waals surface area contributed by atoms with Gasteiger partial charge in [-0.25, -0.2) is 4.57 Å². The lowest BCUT2D eigenvalue weighted by atomic mass is 10.5. The van der Waals surface area contributed by atoms with Crippen molar-refractivity contribution in [1.29, 1.82) is 0 Å². The van der Waals surface area contributed by atoms with Gasteiger partial charge in [0.25, 0.3) is 0 Å². The zero-order valence-electron chi connectivity index (χ0n) is 10.7. The topological polar surface area (TPSA) is 65.0 Å². The molecule has 0 radical (unpaired) electrons. The van der Waals surface area contributed by atoms with Crippen LogP contribution in [0.4, 0.5) is 0 Å². The minimum Gasteiger partial charge on any atom is -0.347 e. The number of hydrogen-bond acceptors (Lipinski definition) is 4. The normalized spacial score (nSPS) is 18.1. The maximum Gasteiger partial charge on any atom is 0.474 e. The van der Waals surface area contributed by atoms with Crippen molar-refractivity contribution >= 4 is 7.82 Å². The van der Waals surface area contributed by atoms with Crippen LogP contribution in [-0.2, 0) is 18.3 Å². The Morgan fingerprint density at radius 1 is 1.25 bits per heavy atom. The average molecular weight is 256 g/mol. The second-order valence-corrected chi connectivity index (χ2v) is 5.76. The summed E-state index contributed by atoms with van der Waals surface area (Å²) >= 11 is 0. The summed E-state index contributed by atoms with van der Waals surface area (Å²) in [7, 11) is 1.83. The van der Waals surface area contributed by atoms with E-state index in [1.54, 1.807) is 13.8 Å². The van der Waals surface area contributed by atoms with Crippen molar-refractivity contribution in [3.05, 3.63) is 0 Å². The van der Waals surface area contributed by atoms with Crippen LogP contribution in [0.1, 0.15) is 13.8 Å². The Labute approximate surface area is 97.3 Å². The zero-order chi connectivity index (χ0) is 12.8. The summed E-state index contributed by atoms with van der Waals surface area (Å²) in [6.07, 6.45) is -0.743. The number of likely N-dealkylation sites (N-methyl/N-ethyl adjacent to an activating group) is 1. The van der Waals surface area contributed by atoms with E-state index in [0.717, 1.165) is 0 Å². The highest BCUT2D eigenvalue weighted by Gasteiger charge is 2.29. The van der Waals surface area contributed by atoms with E-state index in [1.165, 1.54) is 0 Å². The van der Waals surface area contributed by atoms with Crippen LogP contribution >= 0.6 is 7.82 Å². The van der Waals surface area contributed by atoms with Crippen LogP contribution in [0.3, 0.4) is 0 Å². The van der Waals surface area contributed by atoms with Crippen LogP contribution in [0, 0.1) is 0 Å². The summed E-state index contributed by atoms with van der Waals surface area (Å²) in [5.41, 5.74) is 0. The van der Waals surface area contributed by atoms with Gasteiger partial charge in [-0.05, 0) is 13.8 Å².